The van der Waals surface area contributed by atoms with Crippen LogP contribution in [0.2, 0.25) is 0 Å². The molecular formula is C12H17NOS. The van der Waals surface area contributed by atoms with Gasteiger partial charge in [0, 0.05) is 10.9 Å². The SMILES string of the molecule is CNC1c2c(C)ccc(C)c2S(=O)C1C. The Morgan fingerprint density at radius 3 is 2.47 bits per heavy atom. The maximum Gasteiger partial charge on any atom is 0.0583 e. The van der Waals surface area contributed by atoms with E-state index >= 15 is 0 Å². The van der Waals surface area contributed by atoms with Crippen LogP contribution in [0.1, 0.15) is 29.7 Å². The molecule has 2 rings (SSSR count). The number of fused-ring (bicyclic) bond motifs is 1. The number of hydrogen-bond acceptors (Lipinski definition) is 2. The molecule has 0 amide bonds. The smallest absolute Gasteiger partial charge is 0.0583 e. The van der Waals surface area contributed by atoms with Crippen LogP contribution < -0.4 is 5.32 Å². The first-order chi connectivity index (χ1) is 7.07. The van der Waals surface area contributed by atoms with Gasteiger partial charge in [0.05, 0.1) is 16.0 Å². The second-order valence-electron chi connectivity index (χ2n) is 4.21. The van der Waals surface area contributed by atoms with Gasteiger partial charge < -0.3 is 5.32 Å². The lowest BCUT2D eigenvalue weighted by atomic mass is 9.97. The molecule has 1 aliphatic rings. The van der Waals surface area contributed by atoms with Gasteiger partial charge in [-0.3, -0.25) is 4.21 Å². The van der Waals surface area contributed by atoms with Gasteiger partial charge >= 0.3 is 0 Å². The highest BCUT2D eigenvalue weighted by molar-refractivity contribution is 7.86. The van der Waals surface area contributed by atoms with Gasteiger partial charge in [-0.05, 0) is 44.5 Å². The van der Waals surface area contributed by atoms with E-state index in [1.807, 2.05) is 14.0 Å². The third kappa shape index (κ3) is 1.45. The first-order valence-electron chi connectivity index (χ1n) is 5.26. The van der Waals surface area contributed by atoms with Crippen LogP contribution in [0, 0.1) is 13.8 Å². The molecule has 0 aliphatic carbocycles. The number of rotatable bonds is 1. The number of benzene rings is 1. The lowest BCUT2D eigenvalue weighted by Crippen LogP contribution is -2.24. The fraction of sp³-hybridized carbons (Fsp3) is 0.500. The molecule has 3 heteroatoms. The van der Waals surface area contributed by atoms with E-state index < -0.39 is 10.8 Å². The topological polar surface area (TPSA) is 29.1 Å². The standard InChI is InChI=1S/C12H17NOS/c1-7-5-6-8(2)12-10(7)11(13-4)9(3)15(12)14/h5-6,9,11,13H,1-4H3. The van der Waals surface area contributed by atoms with Crippen LogP contribution in [-0.2, 0) is 10.8 Å². The second kappa shape index (κ2) is 3.72. The summed E-state index contributed by atoms with van der Waals surface area (Å²) in [6.45, 7) is 6.19. The van der Waals surface area contributed by atoms with Gasteiger partial charge in [-0.2, -0.15) is 0 Å². The maximum atomic E-state index is 12.2. The van der Waals surface area contributed by atoms with Gasteiger partial charge in [-0.1, -0.05) is 12.1 Å². The third-order valence-electron chi connectivity index (χ3n) is 3.24. The zero-order valence-electron chi connectivity index (χ0n) is 9.63. The van der Waals surface area contributed by atoms with Crippen molar-refractivity contribution < 1.29 is 4.21 Å². The lowest BCUT2D eigenvalue weighted by molar-refractivity contribution is 0.582. The molecule has 1 N–H and O–H groups in total. The highest BCUT2D eigenvalue weighted by Crippen LogP contribution is 2.39. The summed E-state index contributed by atoms with van der Waals surface area (Å²) in [4.78, 5) is 1.06. The highest BCUT2D eigenvalue weighted by atomic mass is 32.2. The molecule has 3 atom stereocenters. The largest absolute Gasteiger partial charge is 0.312 e. The number of hydrogen-bond donors (Lipinski definition) is 1. The predicted molar refractivity (Wildman–Crippen MR) is 63.6 cm³/mol. The van der Waals surface area contributed by atoms with Crippen LogP contribution in [0.25, 0.3) is 0 Å². The summed E-state index contributed by atoms with van der Waals surface area (Å²) in [5.74, 6) is 0. The van der Waals surface area contributed by atoms with Crippen LogP contribution in [0.5, 0.6) is 0 Å². The zero-order valence-corrected chi connectivity index (χ0v) is 10.4. The molecule has 0 radical (unpaired) electrons. The molecule has 0 spiro atoms. The van der Waals surface area contributed by atoms with Gasteiger partial charge in [0.15, 0.2) is 0 Å². The molecule has 0 aromatic heterocycles. The lowest BCUT2D eigenvalue weighted by Gasteiger charge is -2.15. The molecule has 0 fully saturated rings. The first kappa shape index (κ1) is 10.8. The molecule has 0 saturated heterocycles. The minimum absolute atomic E-state index is 0.171. The fourth-order valence-corrected chi connectivity index (χ4v) is 4.16. The summed E-state index contributed by atoms with van der Waals surface area (Å²) in [6.07, 6.45) is 0. The second-order valence-corrected chi connectivity index (χ2v) is 5.96. The fourth-order valence-electron chi connectivity index (χ4n) is 2.38. The normalized spacial score (nSPS) is 29.2. The van der Waals surface area contributed by atoms with Gasteiger partial charge in [-0.25, -0.2) is 0 Å². The Morgan fingerprint density at radius 2 is 1.87 bits per heavy atom. The van der Waals surface area contributed by atoms with Crippen molar-refractivity contribution in [2.24, 2.45) is 0 Å². The average molecular weight is 223 g/mol. The summed E-state index contributed by atoms with van der Waals surface area (Å²) < 4.78 is 12.2. The van der Waals surface area contributed by atoms with Crippen molar-refractivity contribution in [3.63, 3.8) is 0 Å². The molecule has 1 aliphatic heterocycles. The van der Waals surface area contributed by atoms with Crippen LogP contribution in [0.15, 0.2) is 17.0 Å². The van der Waals surface area contributed by atoms with Crippen molar-refractivity contribution in [3.05, 3.63) is 28.8 Å². The maximum absolute atomic E-state index is 12.2. The highest BCUT2D eigenvalue weighted by Gasteiger charge is 2.36. The van der Waals surface area contributed by atoms with Crippen molar-refractivity contribution in [1.82, 2.24) is 5.32 Å². The van der Waals surface area contributed by atoms with E-state index in [0.29, 0.717) is 0 Å². The van der Waals surface area contributed by atoms with E-state index in [0.717, 1.165) is 10.5 Å². The van der Waals surface area contributed by atoms with Crippen molar-refractivity contribution in [3.8, 4) is 0 Å². The van der Waals surface area contributed by atoms with Crippen molar-refractivity contribution in [2.75, 3.05) is 7.05 Å². The molecular weight excluding hydrogens is 206 g/mol. The Bertz CT molecular complexity index is 428. The van der Waals surface area contributed by atoms with E-state index in [9.17, 15) is 4.21 Å². The summed E-state index contributed by atoms with van der Waals surface area (Å²) >= 11 is 0. The van der Waals surface area contributed by atoms with Crippen LogP contribution in [0.3, 0.4) is 0 Å². The summed E-state index contributed by atoms with van der Waals surface area (Å²) in [7, 11) is 1.08. The van der Waals surface area contributed by atoms with Crippen LogP contribution in [0.4, 0.5) is 0 Å². The summed E-state index contributed by atoms with van der Waals surface area (Å²) in [5, 5.41) is 3.45. The van der Waals surface area contributed by atoms with Gasteiger partial charge in [0.2, 0.25) is 0 Å². The molecule has 15 heavy (non-hydrogen) atoms. The molecule has 0 bridgehead atoms. The number of nitrogens with one attached hydrogen (secondary N) is 1. The van der Waals surface area contributed by atoms with Crippen molar-refractivity contribution in [1.29, 1.82) is 0 Å². The first-order valence-corrected chi connectivity index (χ1v) is 6.47. The molecule has 1 aromatic carbocycles. The Hall–Kier alpha value is -0.670. The molecule has 1 heterocycles. The van der Waals surface area contributed by atoms with Gasteiger partial charge in [-0.15, -0.1) is 0 Å². The quantitative estimate of drug-likeness (QED) is 0.789. The summed E-state index contributed by atoms with van der Waals surface area (Å²) in [6, 6.07) is 4.42. The molecule has 82 valence electrons. The van der Waals surface area contributed by atoms with Crippen LogP contribution >= 0.6 is 0 Å². The predicted octanol–water partition coefficient (Wildman–Crippen LogP) is 2.07. The molecule has 3 unspecified atom stereocenters. The van der Waals surface area contributed by atoms with Gasteiger partial charge in [0.1, 0.15) is 0 Å². The third-order valence-corrected chi connectivity index (χ3v) is 5.13. The molecule has 2 nitrogen and oxygen atoms in total. The Morgan fingerprint density at radius 1 is 1.27 bits per heavy atom. The minimum atomic E-state index is -0.857. The van der Waals surface area contributed by atoms with Crippen molar-refractivity contribution in [2.45, 2.75) is 37.0 Å². The average Bonchev–Trinajstić information content (AvgIpc) is 2.47. The van der Waals surface area contributed by atoms with E-state index in [4.69, 9.17) is 0 Å². The Balaban J connectivity index is 2.69. The summed E-state index contributed by atoms with van der Waals surface area (Å²) in [5.41, 5.74) is 3.65. The monoisotopic (exact) mass is 223 g/mol. The Kier molecular flexibility index (Phi) is 2.69. The van der Waals surface area contributed by atoms with Crippen LogP contribution in [-0.4, -0.2) is 16.5 Å². The molecule has 0 saturated carbocycles. The molecule has 1 aromatic rings. The van der Waals surface area contributed by atoms with Gasteiger partial charge in [0.25, 0.3) is 0 Å². The van der Waals surface area contributed by atoms with E-state index in [1.54, 1.807) is 0 Å². The van der Waals surface area contributed by atoms with E-state index in [1.165, 1.54) is 11.1 Å². The number of aryl methyl sites for hydroxylation is 2. The van der Waals surface area contributed by atoms with E-state index in [2.05, 4.69) is 31.3 Å². The van der Waals surface area contributed by atoms with E-state index in [-0.39, 0.29) is 11.3 Å². The Labute approximate surface area is 93.5 Å². The minimum Gasteiger partial charge on any atom is -0.312 e. The van der Waals surface area contributed by atoms with Crippen molar-refractivity contribution >= 4 is 10.8 Å². The zero-order chi connectivity index (χ0) is 11.2.